The van der Waals surface area contributed by atoms with Crippen LogP contribution < -0.4 is 5.32 Å². The summed E-state index contributed by atoms with van der Waals surface area (Å²) in [5.41, 5.74) is 0.327. The van der Waals surface area contributed by atoms with E-state index in [2.05, 4.69) is 10.3 Å². The zero-order valence-electron chi connectivity index (χ0n) is 13.0. The summed E-state index contributed by atoms with van der Waals surface area (Å²) in [6.07, 6.45) is 0. The first-order valence-electron chi connectivity index (χ1n) is 7.17. The molecular formula is C16H12ClN3O4S. The Bertz CT molecular complexity index is 951. The maximum absolute atomic E-state index is 12.2. The Morgan fingerprint density at radius 1 is 1.40 bits per heavy atom. The number of aryl methyl sites for hydroxylation is 1. The molecule has 0 unspecified atom stereocenters. The van der Waals surface area contributed by atoms with Gasteiger partial charge in [0.15, 0.2) is 5.76 Å². The highest BCUT2D eigenvalue weighted by Crippen LogP contribution is 2.25. The van der Waals surface area contributed by atoms with E-state index in [-0.39, 0.29) is 22.8 Å². The summed E-state index contributed by atoms with van der Waals surface area (Å²) in [6, 6.07) is 7.38. The van der Waals surface area contributed by atoms with Gasteiger partial charge in [0.05, 0.1) is 16.5 Å². The summed E-state index contributed by atoms with van der Waals surface area (Å²) < 4.78 is 5.64. The largest absolute Gasteiger partial charge is 0.458 e. The number of carbonyl (C=O) groups is 1. The summed E-state index contributed by atoms with van der Waals surface area (Å²) in [5.74, 6) is 0.544. The van der Waals surface area contributed by atoms with Crippen molar-refractivity contribution in [1.82, 2.24) is 10.3 Å². The van der Waals surface area contributed by atoms with Gasteiger partial charge in [-0.05, 0) is 31.2 Å². The van der Waals surface area contributed by atoms with Crippen molar-refractivity contribution >= 4 is 34.5 Å². The number of rotatable bonds is 5. The lowest BCUT2D eigenvalue weighted by molar-refractivity contribution is -0.385. The van der Waals surface area contributed by atoms with Crippen LogP contribution in [0.15, 0.2) is 40.1 Å². The second kappa shape index (κ2) is 7.04. The molecule has 1 N–H and O–H groups in total. The van der Waals surface area contributed by atoms with Gasteiger partial charge < -0.3 is 9.73 Å². The van der Waals surface area contributed by atoms with E-state index in [9.17, 15) is 14.9 Å². The highest BCUT2D eigenvalue weighted by molar-refractivity contribution is 7.09. The van der Waals surface area contributed by atoms with Crippen LogP contribution in [0.3, 0.4) is 0 Å². The standard InChI is InChI=1S/C16H12ClN3O4S/c1-9-19-13(8-25-9)15-5-3-11(24-15)7-18-16(21)12-4-2-10(17)6-14(12)20(22)23/h2-6,8H,7H2,1H3,(H,18,21). The number of nitrogens with one attached hydrogen (secondary N) is 1. The van der Waals surface area contributed by atoms with Gasteiger partial charge in [0.1, 0.15) is 17.0 Å². The molecule has 0 aliphatic heterocycles. The van der Waals surface area contributed by atoms with Gasteiger partial charge in [0.25, 0.3) is 11.6 Å². The average molecular weight is 378 g/mol. The lowest BCUT2D eigenvalue weighted by Crippen LogP contribution is -2.23. The van der Waals surface area contributed by atoms with Gasteiger partial charge in [-0.1, -0.05) is 11.6 Å². The van der Waals surface area contributed by atoms with Crippen LogP contribution in [0.1, 0.15) is 21.1 Å². The Hall–Kier alpha value is -2.71. The van der Waals surface area contributed by atoms with Crippen molar-refractivity contribution in [3.63, 3.8) is 0 Å². The number of hydrogen-bond donors (Lipinski definition) is 1. The summed E-state index contributed by atoms with van der Waals surface area (Å²) >= 11 is 7.26. The number of furan rings is 1. The van der Waals surface area contributed by atoms with Crippen molar-refractivity contribution in [2.45, 2.75) is 13.5 Å². The summed E-state index contributed by atoms with van der Waals surface area (Å²) in [5, 5.41) is 16.7. The van der Waals surface area contributed by atoms with Crippen molar-refractivity contribution < 1.29 is 14.1 Å². The van der Waals surface area contributed by atoms with E-state index < -0.39 is 10.8 Å². The van der Waals surface area contributed by atoms with Crippen LogP contribution in [0, 0.1) is 17.0 Å². The molecule has 0 aliphatic rings. The van der Waals surface area contributed by atoms with Crippen LogP contribution in [-0.2, 0) is 6.54 Å². The molecule has 1 aromatic carbocycles. The number of carbonyl (C=O) groups excluding carboxylic acids is 1. The number of amides is 1. The van der Waals surface area contributed by atoms with E-state index >= 15 is 0 Å². The first-order valence-corrected chi connectivity index (χ1v) is 8.43. The fourth-order valence-corrected chi connectivity index (χ4v) is 2.97. The maximum Gasteiger partial charge on any atom is 0.283 e. The van der Waals surface area contributed by atoms with Crippen molar-refractivity contribution in [2.75, 3.05) is 0 Å². The molecule has 0 saturated heterocycles. The average Bonchev–Trinajstić information content (AvgIpc) is 3.21. The Morgan fingerprint density at radius 2 is 2.20 bits per heavy atom. The lowest BCUT2D eigenvalue weighted by Gasteiger charge is -2.04. The number of thiazole rings is 1. The molecule has 0 spiro atoms. The first-order chi connectivity index (χ1) is 11.9. The number of halogens is 1. The van der Waals surface area contributed by atoms with Gasteiger partial charge >= 0.3 is 0 Å². The van der Waals surface area contributed by atoms with E-state index in [1.54, 1.807) is 12.1 Å². The highest BCUT2D eigenvalue weighted by Gasteiger charge is 2.20. The van der Waals surface area contributed by atoms with Crippen LogP contribution in [0.25, 0.3) is 11.5 Å². The molecule has 0 bridgehead atoms. The van der Waals surface area contributed by atoms with Gasteiger partial charge in [-0.15, -0.1) is 11.3 Å². The van der Waals surface area contributed by atoms with E-state index in [1.807, 2.05) is 12.3 Å². The molecule has 1 amide bonds. The third-order valence-electron chi connectivity index (χ3n) is 3.36. The van der Waals surface area contributed by atoms with Crippen LogP contribution in [0.4, 0.5) is 5.69 Å². The van der Waals surface area contributed by atoms with E-state index in [0.717, 1.165) is 16.8 Å². The van der Waals surface area contributed by atoms with Gasteiger partial charge in [-0.3, -0.25) is 14.9 Å². The molecule has 7 nitrogen and oxygen atoms in total. The molecule has 3 aromatic rings. The van der Waals surface area contributed by atoms with Gasteiger partial charge in [0.2, 0.25) is 0 Å². The minimum atomic E-state index is -0.642. The number of hydrogen-bond acceptors (Lipinski definition) is 6. The van der Waals surface area contributed by atoms with E-state index in [1.165, 1.54) is 23.5 Å². The lowest BCUT2D eigenvalue weighted by atomic mass is 10.1. The molecule has 0 fully saturated rings. The molecule has 0 saturated carbocycles. The Morgan fingerprint density at radius 3 is 2.88 bits per heavy atom. The quantitative estimate of drug-likeness (QED) is 0.530. The van der Waals surface area contributed by atoms with Gasteiger partial charge in [-0.25, -0.2) is 4.98 Å². The van der Waals surface area contributed by atoms with E-state index in [0.29, 0.717) is 11.5 Å². The number of nitro groups is 1. The molecule has 0 radical (unpaired) electrons. The second-order valence-corrected chi connectivity index (χ2v) is 6.62. The number of benzene rings is 1. The Kier molecular flexibility index (Phi) is 4.82. The summed E-state index contributed by atoms with van der Waals surface area (Å²) in [7, 11) is 0. The van der Waals surface area contributed by atoms with Crippen molar-refractivity contribution in [3.05, 3.63) is 67.2 Å². The highest BCUT2D eigenvalue weighted by atomic mass is 35.5. The predicted octanol–water partition coefficient (Wildman–Crippen LogP) is 4.20. The van der Waals surface area contributed by atoms with Crippen LogP contribution in [0.2, 0.25) is 5.02 Å². The molecule has 2 aromatic heterocycles. The Balaban J connectivity index is 1.71. The fourth-order valence-electron chi connectivity index (χ4n) is 2.20. The monoisotopic (exact) mass is 377 g/mol. The zero-order valence-corrected chi connectivity index (χ0v) is 14.6. The molecule has 25 heavy (non-hydrogen) atoms. The molecule has 3 rings (SSSR count). The molecular weight excluding hydrogens is 366 g/mol. The SMILES string of the molecule is Cc1nc(-c2ccc(CNC(=O)c3ccc(Cl)cc3[N+](=O)[O-])o2)cs1. The minimum absolute atomic E-state index is 0.0590. The number of nitrogens with zero attached hydrogens (tertiary/aromatic N) is 2. The molecule has 9 heteroatoms. The van der Waals surface area contributed by atoms with Crippen LogP contribution in [-0.4, -0.2) is 15.8 Å². The van der Waals surface area contributed by atoms with Crippen molar-refractivity contribution in [3.8, 4) is 11.5 Å². The third kappa shape index (κ3) is 3.86. The first kappa shape index (κ1) is 17.1. The van der Waals surface area contributed by atoms with E-state index in [4.69, 9.17) is 16.0 Å². The Labute approximate surface area is 151 Å². The molecule has 0 atom stereocenters. The zero-order chi connectivity index (χ0) is 18.0. The minimum Gasteiger partial charge on any atom is -0.458 e. The van der Waals surface area contributed by atoms with Crippen molar-refractivity contribution in [2.24, 2.45) is 0 Å². The topological polar surface area (TPSA) is 98.3 Å². The molecule has 128 valence electrons. The van der Waals surface area contributed by atoms with Crippen LogP contribution in [0.5, 0.6) is 0 Å². The van der Waals surface area contributed by atoms with Gasteiger partial charge in [-0.2, -0.15) is 0 Å². The normalized spacial score (nSPS) is 10.6. The van der Waals surface area contributed by atoms with Crippen molar-refractivity contribution in [1.29, 1.82) is 0 Å². The number of aromatic nitrogens is 1. The molecule has 2 heterocycles. The van der Waals surface area contributed by atoms with Crippen LogP contribution >= 0.6 is 22.9 Å². The fraction of sp³-hybridized carbons (Fsp3) is 0.125. The number of nitro benzene ring substituents is 1. The summed E-state index contributed by atoms with van der Waals surface area (Å²) in [4.78, 5) is 27.0. The smallest absolute Gasteiger partial charge is 0.283 e. The predicted molar refractivity (Wildman–Crippen MR) is 93.8 cm³/mol. The third-order valence-corrected chi connectivity index (χ3v) is 4.37. The second-order valence-electron chi connectivity index (χ2n) is 5.12. The summed E-state index contributed by atoms with van der Waals surface area (Å²) in [6.45, 7) is 2.00. The van der Waals surface area contributed by atoms with Gasteiger partial charge in [0, 0.05) is 16.5 Å². The maximum atomic E-state index is 12.2. The molecule has 0 aliphatic carbocycles.